The summed E-state index contributed by atoms with van der Waals surface area (Å²) in [6.45, 7) is 7.41. The first kappa shape index (κ1) is 14.0. The molecular formula is C13H19ClN2O. The number of unbranched alkanes of at least 4 members (excludes halogenated alkanes) is 1. The summed E-state index contributed by atoms with van der Waals surface area (Å²) in [6, 6.07) is 1.72. The molecular weight excluding hydrogens is 236 g/mol. The Morgan fingerprint density at radius 3 is 2.71 bits per heavy atom. The Bertz CT molecular complexity index is 393. The van der Waals surface area contributed by atoms with E-state index in [1.165, 1.54) is 0 Å². The van der Waals surface area contributed by atoms with E-state index in [2.05, 4.69) is 11.9 Å². The van der Waals surface area contributed by atoms with E-state index in [4.69, 9.17) is 11.6 Å². The Labute approximate surface area is 108 Å². The molecule has 0 atom stereocenters. The highest BCUT2D eigenvalue weighted by Gasteiger charge is 2.17. The van der Waals surface area contributed by atoms with Crippen molar-refractivity contribution < 1.29 is 4.79 Å². The van der Waals surface area contributed by atoms with Gasteiger partial charge in [-0.1, -0.05) is 24.9 Å². The van der Waals surface area contributed by atoms with Crippen molar-refractivity contribution in [1.82, 2.24) is 9.88 Å². The van der Waals surface area contributed by atoms with Gasteiger partial charge in [-0.05, 0) is 26.3 Å². The molecule has 0 bridgehead atoms. The Morgan fingerprint density at radius 1 is 1.47 bits per heavy atom. The van der Waals surface area contributed by atoms with E-state index in [0.29, 0.717) is 17.1 Å². The zero-order valence-electron chi connectivity index (χ0n) is 10.7. The van der Waals surface area contributed by atoms with Gasteiger partial charge in [-0.25, -0.2) is 0 Å². The minimum absolute atomic E-state index is 0.0292. The van der Waals surface area contributed by atoms with Crippen LogP contribution in [0.25, 0.3) is 0 Å². The fourth-order valence-electron chi connectivity index (χ4n) is 1.61. The highest BCUT2D eigenvalue weighted by molar-refractivity contribution is 6.33. The van der Waals surface area contributed by atoms with E-state index in [0.717, 1.165) is 25.1 Å². The summed E-state index contributed by atoms with van der Waals surface area (Å²) in [7, 11) is 0. The average molecular weight is 255 g/mol. The van der Waals surface area contributed by atoms with Crippen molar-refractivity contribution in [2.75, 3.05) is 13.1 Å². The quantitative estimate of drug-likeness (QED) is 0.808. The molecule has 0 saturated carbocycles. The first-order chi connectivity index (χ1) is 8.10. The molecule has 0 fully saturated rings. The Hall–Kier alpha value is -1.09. The molecule has 0 aliphatic carbocycles. The molecule has 0 aliphatic heterocycles. The lowest BCUT2D eigenvalue weighted by atomic mass is 10.2. The maximum Gasteiger partial charge on any atom is 0.256 e. The molecule has 1 aromatic rings. The summed E-state index contributed by atoms with van der Waals surface area (Å²) >= 11 is 6.07. The van der Waals surface area contributed by atoms with E-state index < -0.39 is 0 Å². The molecule has 0 aliphatic rings. The molecule has 17 heavy (non-hydrogen) atoms. The van der Waals surface area contributed by atoms with Gasteiger partial charge in [0.05, 0.1) is 10.6 Å². The third-order valence-corrected chi connectivity index (χ3v) is 2.98. The van der Waals surface area contributed by atoms with Gasteiger partial charge in [0.25, 0.3) is 5.91 Å². The number of amides is 1. The first-order valence-corrected chi connectivity index (χ1v) is 6.39. The van der Waals surface area contributed by atoms with Crippen LogP contribution in [0.3, 0.4) is 0 Å². The van der Waals surface area contributed by atoms with Gasteiger partial charge in [0.15, 0.2) is 0 Å². The lowest BCUT2D eigenvalue weighted by Crippen LogP contribution is -2.32. The van der Waals surface area contributed by atoms with Crippen LogP contribution in [0.15, 0.2) is 12.3 Å². The number of hydrogen-bond donors (Lipinski definition) is 0. The minimum Gasteiger partial charge on any atom is -0.339 e. The summed E-state index contributed by atoms with van der Waals surface area (Å²) in [6.07, 6.45) is 3.65. The smallest absolute Gasteiger partial charge is 0.256 e. The number of hydrogen-bond acceptors (Lipinski definition) is 2. The molecule has 0 radical (unpaired) electrons. The molecule has 0 aromatic carbocycles. The number of nitrogens with zero attached hydrogens (tertiary/aromatic N) is 2. The predicted molar refractivity (Wildman–Crippen MR) is 70.5 cm³/mol. The molecule has 0 unspecified atom stereocenters. The van der Waals surface area contributed by atoms with E-state index in [9.17, 15) is 4.79 Å². The second kappa shape index (κ2) is 6.60. The van der Waals surface area contributed by atoms with Crippen LogP contribution in [0.4, 0.5) is 0 Å². The van der Waals surface area contributed by atoms with Crippen LogP contribution in [-0.4, -0.2) is 28.9 Å². The number of halogens is 1. The summed E-state index contributed by atoms with van der Waals surface area (Å²) in [5.41, 5.74) is 1.32. The minimum atomic E-state index is -0.0292. The zero-order chi connectivity index (χ0) is 12.8. The van der Waals surface area contributed by atoms with E-state index in [1.807, 2.05) is 18.7 Å². The Balaban J connectivity index is 2.86. The molecule has 1 rings (SSSR count). The Morgan fingerprint density at radius 2 is 2.18 bits per heavy atom. The van der Waals surface area contributed by atoms with Gasteiger partial charge in [0, 0.05) is 25.0 Å². The van der Waals surface area contributed by atoms with Crippen molar-refractivity contribution in [2.24, 2.45) is 0 Å². The van der Waals surface area contributed by atoms with E-state index in [-0.39, 0.29) is 5.91 Å². The number of pyridine rings is 1. The van der Waals surface area contributed by atoms with Crippen LogP contribution < -0.4 is 0 Å². The third-order valence-electron chi connectivity index (χ3n) is 2.67. The van der Waals surface area contributed by atoms with Gasteiger partial charge in [-0.3, -0.25) is 9.78 Å². The van der Waals surface area contributed by atoms with Crippen LogP contribution in [0.1, 0.15) is 42.7 Å². The van der Waals surface area contributed by atoms with Gasteiger partial charge in [0.2, 0.25) is 0 Å². The van der Waals surface area contributed by atoms with Crippen molar-refractivity contribution in [3.05, 3.63) is 28.5 Å². The lowest BCUT2D eigenvalue weighted by Gasteiger charge is -2.21. The van der Waals surface area contributed by atoms with Crippen molar-refractivity contribution in [1.29, 1.82) is 0 Å². The summed E-state index contributed by atoms with van der Waals surface area (Å²) in [5.74, 6) is -0.0292. The van der Waals surface area contributed by atoms with E-state index >= 15 is 0 Å². The van der Waals surface area contributed by atoms with Crippen LogP contribution in [0.5, 0.6) is 0 Å². The highest BCUT2D eigenvalue weighted by atomic mass is 35.5. The average Bonchev–Trinajstić information content (AvgIpc) is 2.29. The predicted octanol–water partition coefficient (Wildman–Crippen LogP) is 3.31. The monoisotopic (exact) mass is 254 g/mol. The van der Waals surface area contributed by atoms with Crippen LogP contribution in [-0.2, 0) is 0 Å². The number of rotatable bonds is 5. The second-order valence-electron chi connectivity index (χ2n) is 4.04. The number of carbonyl (C=O) groups excluding carboxylic acids is 1. The van der Waals surface area contributed by atoms with Gasteiger partial charge < -0.3 is 4.90 Å². The molecule has 3 nitrogen and oxygen atoms in total. The number of aromatic nitrogens is 1. The molecule has 0 N–H and O–H groups in total. The van der Waals surface area contributed by atoms with Crippen molar-refractivity contribution in [3.63, 3.8) is 0 Å². The van der Waals surface area contributed by atoms with Crippen LogP contribution in [0.2, 0.25) is 5.02 Å². The maximum atomic E-state index is 12.2. The number of aryl methyl sites for hydroxylation is 1. The fourth-order valence-corrected chi connectivity index (χ4v) is 1.89. The van der Waals surface area contributed by atoms with Gasteiger partial charge in [-0.2, -0.15) is 0 Å². The largest absolute Gasteiger partial charge is 0.339 e. The van der Waals surface area contributed by atoms with Crippen molar-refractivity contribution in [2.45, 2.75) is 33.6 Å². The van der Waals surface area contributed by atoms with Crippen molar-refractivity contribution >= 4 is 17.5 Å². The van der Waals surface area contributed by atoms with Gasteiger partial charge in [-0.15, -0.1) is 0 Å². The molecule has 0 spiro atoms. The molecule has 4 heteroatoms. The van der Waals surface area contributed by atoms with Crippen molar-refractivity contribution in [3.8, 4) is 0 Å². The molecule has 1 aromatic heterocycles. The summed E-state index contributed by atoms with van der Waals surface area (Å²) in [4.78, 5) is 18.1. The lowest BCUT2D eigenvalue weighted by molar-refractivity contribution is 0.0762. The molecule has 0 saturated heterocycles. The standard InChI is InChI=1S/C13H19ClN2O/c1-4-6-7-16(5-2)13(17)11-9-15-10(3)8-12(11)14/h8-9H,4-7H2,1-3H3. The number of carbonyl (C=O) groups is 1. The summed E-state index contributed by atoms with van der Waals surface area (Å²) in [5, 5.41) is 0.484. The van der Waals surface area contributed by atoms with Crippen LogP contribution >= 0.6 is 11.6 Å². The molecule has 94 valence electrons. The topological polar surface area (TPSA) is 33.2 Å². The third kappa shape index (κ3) is 3.70. The molecule has 1 heterocycles. The van der Waals surface area contributed by atoms with Gasteiger partial charge in [0.1, 0.15) is 0 Å². The normalized spacial score (nSPS) is 10.4. The Kier molecular flexibility index (Phi) is 5.42. The fraction of sp³-hybridized carbons (Fsp3) is 0.538. The van der Waals surface area contributed by atoms with Crippen LogP contribution in [0, 0.1) is 6.92 Å². The molecule has 1 amide bonds. The zero-order valence-corrected chi connectivity index (χ0v) is 11.4. The summed E-state index contributed by atoms with van der Waals surface area (Å²) < 4.78 is 0. The highest BCUT2D eigenvalue weighted by Crippen LogP contribution is 2.17. The first-order valence-electron chi connectivity index (χ1n) is 6.01. The maximum absolute atomic E-state index is 12.2. The second-order valence-corrected chi connectivity index (χ2v) is 4.45. The van der Waals surface area contributed by atoms with E-state index in [1.54, 1.807) is 12.3 Å². The SMILES string of the molecule is CCCCN(CC)C(=O)c1cnc(C)cc1Cl. The van der Waals surface area contributed by atoms with Gasteiger partial charge >= 0.3 is 0 Å².